The number of ether oxygens (including phenoxy) is 1. The average molecular weight is 346 g/mol. The van der Waals surface area contributed by atoms with E-state index in [0.717, 1.165) is 17.0 Å². The topological polar surface area (TPSA) is 62.4 Å². The Labute approximate surface area is 146 Å². The predicted octanol–water partition coefficient (Wildman–Crippen LogP) is 3.44. The molecule has 5 nitrogen and oxygen atoms in total. The number of hydrogen-bond donors (Lipinski definition) is 3. The summed E-state index contributed by atoms with van der Waals surface area (Å²) < 4.78 is 5.11. The molecule has 2 aromatic rings. The van der Waals surface area contributed by atoms with E-state index >= 15 is 0 Å². The van der Waals surface area contributed by atoms with E-state index < -0.39 is 6.04 Å². The van der Waals surface area contributed by atoms with Crippen LogP contribution in [0.2, 0.25) is 5.02 Å². The zero-order valence-corrected chi connectivity index (χ0v) is 14.4. The van der Waals surface area contributed by atoms with Gasteiger partial charge in [0.1, 0.15) is 11.8 Å². The second-order valence-corrected chi connectivity index (χ2v) is 5.63. The van der Waals surface area contributed by atoms with Crippen molar-refractivity contribution in [2.75, 3.05) is 12.4 Å². The molecule has 2 aromatic carbocycles. The molecule has 126 valence electrons. The van der Waals surface area contributed by atoms with Crippen LogP contribution in [0.3, 0.4) is 0 Å². The van der Waals surface area contributed by atoms with E-state index in [4.69, 9.17) is 16.3 Å². The molecule has 1 atom stereocenters. The highest BCUT2D eigenvalue weighted by atomic mass is 35.5. The molecule has 0 aliphatic heterocycles. The SMILES string of the molecule is C=C(NNC(=O)C(C)Nc1ccc(Cl)cc1)c1ccc(OC)cc1. The second-order valence-electron chi connectivity index (χ2n) is 5.19. The molecule has 0 spiro atoms. The van der Waals surface area contributed by atoms with Crippen molar-refractivity contribution in [1.29, 1.82) is 0 Å². The van der Waals surface area contributed by atoms with Gasteiger partial charge in [0.05, 0.1) is 12.8 Å². The van der Waals surface area contributed by atoms with Gasteiger partial charge in [0.2, 0.25) is 0 Å². The highest BCUT2D eigenvalue weighted by molar-refractivity contribution is 6.30. The fraction of sp³-hybridized carbons (Fsp3) is 0.167. The van der Waals surface area contributed by atoms with Crippen LogP contribution in [0.5, 0.6) is 5.75 Å². The maximum absolute atomic E-state index is 12.1. The first-order valence-electron chi connectivity index (χ1n) is 7.41. The molecule has 6 heteroatoms. The number of carbonyl (C=O) groups excluding carboxylic acids is 1. The lowest BCUT2D eigenvalue weighted by atomic mass is 10.2. The van der Waals surface area contributed by atoms with Gasteiger partial charge in [-0.05, 0) is 61.0 Å². The minimum atomic E-state index is -0.428. The van der Waals surface area contributed by atoms with E-state index in [2.05, 4.69) is 22.7 Å². The first-order chi connectivity index (χ1) is 11.5. The molecule has 0 bridgehead atoms. The van der Waals surface area contributed by atoms with Crippen molar-refractivity contribution in [3.05, 3.63) is 65.7 Å². The fourth-order valence-corrected chi connectivity index (χ4v) is 2.10. The van der Waals surface area contributed by atoms with Crippen molar-refractivity contribution in [2.45, 2.75) is 13.0 Å². The van der Waals surface area contributed by atoms with Crippen LogP contribution in [0.1, 0.15) is 12.5 Å². The maximum Gasteiger partial charge on any atom is 0.260 e. The van der Waals surface area contributed by atoms with Crippen molar-refractivity contribution >= 4 is 28.9 Å². The van der Waals surface area contributed by atoms with Crippen LogP contribution in [0, 0.1) is 0 Å². The van der Waals surface area contributed by atoms with Gasteiger partial charge < -0.3 is 10.1 Å². The van der Waals surface area contributed by atoms with Gasteiger partial charge >= 0.3 is 0 Å². The molecule has 1 amide bonds. The summed E-state index contributed by atoms with van der Waals surface area (Å²) in [5.74, 6) is 0.552. The van der Waals surface area contributed by atoms with Gasteiger partial charge in [-0.15, -0.1) is 0 Å². The zero-order chi connectivity index (χ0) is 17.5. The summed E-state index contributed by atoms with van der Waals surface area (Å²) in [6, 6.07) is 14.1. The Balaban J connectivity index is 1.84. The molecule has 3 N–H and O–H groups in total. The van der Waals surface area contributed by atoms with Gasteiger partial charge in [-0.25, -0.2) is 0 Å². The van der Waals surface area contributed by atoms with Gasteiger partial charge in [-0.2, -0.15) is 0 Å². The van der Waals surface area contributed by atoms with Crippen LogP contribution in [0.15, 0.2) is 55.1 Å². The van der Waals surface area contributed by atoms with E-state index in [1.165, 1.54) is 0 Å². The summed E-state index contributed by atoms with van der Waals surface area (Å²) in [4.78, 5) is 12.1. The normalized spacial score (nSPS) is 11.3. The van der Waals surface area contributed by atoms with Crippen LogP contribution in [0.4, 0.5) is 5.69 Å². The summed E-state index contributed by atoms with van der Waals surface area (Å²) in [5, 5.41) is 3.74. The van der Waals surface area contributed by atoms with Crippen LogP contribution >= 0.6 is 11.6 Å². The highest BCUT2D eigenvalue weighted by Crippen LogP contribution is 2.16. The Kier molecular flexibility index (Phi) is 6.09. The van der Waals surface area contributed by atoms with Crippen molar-refractivity contribution in [2.24, 2.45) is 0 Å². The van der Waals surface area contributed by atoms with Gasteiger partial charge in [0.25, 0.3) is 5.91 Å². The summed E-state index contributed by atoms with van der Waals surface area (Å²) in [6.45, 7) is 5.67. The molecular weight excluding hydrogens is 326 g/mol. The minimum Gasteiger partial charge on any atom is -0.497 e. The summed E-state index contributed by atoms with van der Waals surface area (Å²) in [6.07, 6.45) is 0. The van der Waals surface area contributed by atoms with E-state index in [1.54, 1.807) is 26.2 Å². The largest absolute Gasteiger partial charge is 0.497 e. The zero-order valence-electron chi connectivity index (χ0n) is 13.6. The monoisotopic (exact) mass is 345 g/mol. The van der Waals surface area contributed by atoms with Crippen molar-refractivity contribution in [3.63, 3.8) is 0 Å². The van der Waals surface area contributed by atoms with E-state index in [0.29, 0.717) is 10.7 Å². The van der Waals surface area contributed by atoms with Gasteiger partial charge in [0.15, 0.2) is 0 Å². The molecule has 1 unspecified atom stereocenters. The van der Waals surface area contributed by atoms with Crippen molar-refractivity contribution in [3.8, 4) is 5.75 Å². The number of anilines is 1. The van der Waals surface area contributed by atoms with Crippen LogP contribution in [-0.2, 0) is 4.79 Å². The third-order valence-electron chi connectivity index (χ3n) is 3.40. The van der Waals surface area contributed by atoms with Gasteiger partial charge in [-0.3, -0.25) is 15.6 Å². The summed E-state index contributed by atoms with van der Waals surface area (Å²) >= 11 is 5.84. The smallest absolute Gasteiger partial charge is 0.260 e. The first-order valence-corrected chi connectivity index (χ1v) is 7.78. The quantitative estimate of drug-likeness (QED) is 0.673. The molecule has 0 saturated heterocycles. The predicted molar refractivity (Wildman–Crippen MR) is 97.8 cm³/mol. The Morgan fingerprint density at radius 3 is 2.29 bits per heavy atom. The van der Waals surface area contributed by atoms with Gasteiger partial charge in [0, 0.05) is 10.7 Å². The molecule has 0 aliphatic rings. The number of amides is 1. The molecule has 2 rings (SSSR count). The molecule has 0 fully saturated rings. The molecule has 0 aromatic heterocycles. The number of methoxy groups -OCH3 is 1. The fourth-order valence-electron chi connectivity index (χ4n) is 1.97. The number of halogens is 1. The third-order valence-corrected chi connectivity index (χ3v) is 3.65. The lowest BCUT2D eigenvalue weighted by Gasteiger charge is -2.17. The summed E-state index contributed by atoms with van der Waals surface area (Å²) in [5.41, 5.74) is 7.71. The lowest BCUT2D eigenvalue weighted by Crippen LogP contribution is -2.44. The molecule has 0 radical (unpaired) electrons. The molecule has 0 heterocycles. The molecule has 0 aliphatic carbocycles. The third kappa shape index (κ3) is 4.93. The van der Waals surface area contributed by atoms with Crippen LogP contribution in [-0.4, -0.2) is 19.1 Å². The Hall–Kier alpha value is -2.66. The Morgan fingerprint density at radius 1 is 1.08 bits per heavy atom. The number of rotatable bonds is 7. The van der Waals surface area contributed by atoms with E-state index in [1.807, 2.05) is 36.4 Å². The maximum atomic E-state index is 12.1. The van der Waals surface area contributed by atoms with E-state index in [9.17, 15) is 4.79 Å². The summed E-state index contributed by atoms with van der Waals surface area (Å²) in [7, 11) is 1.61. The second kappa shape index (κ2) is 8.26. The Bertz CT molecular complexity index is 699. The number of benzene rings is 2. The minimum absolute atomic E-state index is 0.209. The first kappa shape index (κ1) is 17.7. The average Bonchev–Trinajstić information content (AvgIpc) is 2.61. The highest BCUT2D eigenvalue weighted by Gasteiger charge is 2.12. The molecular formula is C18H20ClN3O2. The molecule has 0 saturated carbocycles. The van der Waals surface area contributed by atoms with Gasteiger partial charge in [-0.1, -0.05) is 18.2 Å². The van der Waals surface area contributed by atoms with Crippen molar-refractivity contribution < 1.29 is 9.53 Å². The van der Waals surface area contributed by atoms with Crippen molar-refractivity contribution in [1.82, 2.24) is 10.9 Å². The standard InChI is InChI=1S/C18H20ClN3O2/c1-12(14-4-10-17(24-3)11-5-14)21-22-18(23)13(2)20-16-8-6-15(19)7-9-16/h4-11,13,20-21H,1H2,2-3H3,(H,22,23). The number of carbonyl (C=O) groups is 1. The van der Waals surface area contributed by atoms with Crippen LogP contribution < -0.4 is 20.9 Å². The number of hydrogen-bond acceptors (Lipinski definition) is 4. The lowest BCUT2D eigenvalue weighted by molar-refractivity contribution is -0.122. The number of nitrogens with one attached hydrogen (secondary N) is 3. The Morgan fingerprint density at radius 2 is 1.71 bits per heavy atom. The molecule has 24 heavy (non-hydrogen) atoms. The van der Waals surface area contributed by atoms with Crippen LogP contribution in [0.25, 0.3) is 5.70 Å². The number of hydrazine groups is 1. The van der Waals surface area contributed by atoms with E-state index in [-0.39, 0.29) is 5.91 Å².